The summed E-state index contributed by atoms with van der Waals surface area (Å²) >= 11 is 0. The SMILES string of the molecule is C=CCN1CCN(C(O)C=C)CC1. The first-order valence-corrected chi connectivity index (χ1v) is 4.66. The van der Waals surface area contributed by atoms with Crippen LogP contribution in [0, 0.1) is 0 Å². The van der Waals surface area contributed by atoms with Crippen LogP contribution in [0.4, 0.5) is 0 Å². The number of hydrogen-bond acceptors (Lipinski definition) is 3. The second-order valence-electron chi connectivity index (χ2n) is 3.27. The lowest BCUT2D eigenvalue weighted by molar-refractivity contribution is 0.00822. The molecule has 1 fully saturated rings. The third-order valence-electron chi connectivity index (χ3n) is 2.38. The zero-order valence-corrected chi connectivity index (χ0v) is 8.02. The highest BCUT2D eigenvalue weighted by Crippen LogP contribution is 2.04. The summed E-state index contributed by atoms with van der Waals surface area (Å²) in [5, 5.41) is 9.47. The van der Waals surface area contributed by atoms with Gasteiger partial charge in [0.25, 0.3) is 0 Å². The fraction of sp³-hybridized carbons (Fsp3) is 0.600. The molecule has 1 aliphatic rings. The molecule has 1 unspecified atom stereocenters. The van der Waals surface area contributed by atoms with E-state index in [0.29, 0.717) is 0 Å². The van der Waals surface area contributed by atoms with E-state index in [1.807, 2.05) is 11.0 Å². The summed E-state index contributed by atoms with van der Waals surface area (Å²) in [4.78, 5) is 4.34. The Hall–Kier alpha value is -0.640. The molecule has 3 nitrogen and oxygen atoms in total. The molecule has 0 saturated carbocycles. The molecule has 1 aliphatic heterocycles. The predicted molar refractivity (Wildman–Crippen MR) is 54.4 cm³/mol. The van der Waals surface area contributed by atoms with Crippen molar-refractivity contribution in [3.05, 3.63) is 25.3 Å². The van der Waals surface area contributed by atoms with Crippen molar-refractivity contribution < 1.29 is 5.11 Å². The van der Waals surface area contributed by atoms with Crippen LogP contribution >= 0.6 is 0 Å². The Morgan fingerprint density at radius 1 is 1.23 bits per heavy atom. The molecule has 1 heterocycles. The molecule has 0 bridgehead atoms. The van der Waals surface area contributed by atoms with Crippen LogP contribution in [0.5, 0.6) is 0 Å². The Morgan fingerprint density at radius 3 is 2.31 bits per heavy atom. The number of rotatable bonds is 4. The molecule has 1 saturated heterocycles. The molecule has 1 atom stereocenters. The Kier molecular flexibility index (Phi) is 4.15. The maximum absolute atomic E-state index is 9.47. The number of nitrogens with zero attached hydrogens (tertiary/aromatic N) is 2. The van der Waals surface area contributed by atoms with Gasteiger partial charge in [0.05, 0.1) is 0 Å². The van der Waals surface area contributed by atoms with Gasteiger partial charge in [0.1, 0.15) is 6.23 Å². The van der Waals surface area contributed by atoms with Crippen LogP contribution < -0.4 is 0 Å². The van der Waals surface area contributed by atoms with Crippen LogP contribution in [0.25, 0.3) is 0 Å². The van der Waals surface area contributed by atoms with Crippen molar-refractivity contribution >= 4 is 0 Å². The molecule has 0 amide bonds. The molecule has 1 N–H and O–H groups in total. The van der Waals surface area contributed by atoms with Crippen LogP contribution in [0.3, 0.4) is 0 Å². The number of hydrogen-bond donors (Lipinski definition) is 1. The van der Waals surface area contributed by atoms with Crippen molar-refractivity contribution in [3.63, 3.8) is 0 Å². The van der Waals surface area contributed by atoms with E-state index in [9.17, 15) is 5.11 Å². The topological polar surface area (TPSA) is 26.7 Å². The standard InChI is InChI=1S/C10H18N2O/c1-3-5-11-6-8-12(9-7-11)10(13)4-2/h3-4,10,13H,1-2,5-9H2. The van der Waals surface area contributed by atoms with Crippen molar-refractivity contribution in [3.8, 4) is 0 Å². The van der Waals surface area contributed by atoms with Gasteiger partial charge in [-0.3, -0.25) is 9.80 Å². The highest BCUT2D eigenvalue weighted by atomic mass is 16.3. The Balaban J connectivity index is 2.29. The van der Waals surface area contributed by atoms with Gasteiger partial charge in [0.2, 0.25) is 0 Å². The normalized spacial score (nSPS) is 22.5. The van der Waals surface area contributed by atoms with Gasteiger partial charge in [0.15, 0.2) is 0 Å². The van der Waals surface area contributed by atoms with Crippen molar-refractivity contribution in [1.82, 2.24) is 9.80 Å². The lowest BCUT2D eigenvalue weighted by atomic mass is 10.3. The van der Waals surface area contributed by atoms with Crippen LogP contribution in [-0.2, 0) is 0 Å². The van der Waals surface area contributed by atoms with Crippen LogP contribution in [-0.4, -0.2) is 53.9 Å². The molecule has 0 aromatic carbocycles. The summed E-state index contributed by atoms with van der Waals surface area (Å²) < 4.78 is 0. The van der Waals surface area contributed by atoms with Crippen LogP contribution in [0.1, 0.15) is 0 Å². The minimum atomic E-state index is -0.481. The molecule has 0 aromatic heterocycles. The van der Waals surface area contributed by atoms with E-state index in [1.165, 1.54) is 0 Å². The third-order valence-corrected chi connectivity index (χ3v) is 2.38. The van der Waals surface area contributed by atoms with Gasteiger partial charge in [-0.05, 0) is 6.08 Å². The van der Waals surface area contributed by atoms with E-state index in [1.54, 1.807) is 6.08 Å². The summed E-state index contributed by atoms with van der Waals surface area (Å²) in [5.41, 5.74) is 0. The second kappa shape index (κ2) is 5.17. The van der Waals surface area contributed by atoms with Crippen molar-refractivity contribution in [2.45, 2.75) is 6.23 Å². The molecule has 0 aromatic rings. The summed E-state index contributed by atoms with van der Waals surface area (Å²) in [5.74, 6) is 0. The maximum atomic E-state index is 9.47. The van der Waals surface area contributed by atoms with Crippen LogP contribution in [0.15, 0.2) is 25.3 Å². The van der Waals surface area contributed by atoms with E-state index >= 15 is 0 Å². The van der Waals surface area contributed by atoms with Crippen LogP contribution in [0.2, 0.25) is 0 Å². The number of aliphatic hydroxyl groups is 1. The molecule has 13 heavy (non-hydrogen) atoms. The summed E-state index contributed by atoms with van der Waals surface area (Å²) in [6, 6.07) is 0. The van der Waals surface area contributed by atoms with E-state index in [2.05, 4.69) is 18.1 Å². The van der Waals surface area contributed by atoms with E-state index in [-0.39, 0.29) is 0 Å². The highest BCUT2D eigenvalue weighted by Gasteiger charge is 2.19. The largest absolute Gasteiger partial charge is 0.375 e. The van der Waals surface area contributed by atoms with Crippen molar-refractivity contribution in [2.75, 3.05) is 32.7 Å². The number of piperazine rings is 1. The molecule has 3 heteroatoms. The lowest BCUT2D eigenvalue weighted by Crippen LogP contribution is -2.49. The van der Waals surface area contributed by atoms with E-state index in [0.717, 1.165) is 32.7 Å². The molecule has 74 valence electrons. The third kappa shape index (κ3) is 2.95. The van der Waals surface area contributed by atoms with Gasteiger partial charge in [-0.2, -0.15) is 0 Å². The Labute approximate surface area is 80.0 Å². The summed E-state index contributed by atoms with van der Waals surface area (Å²) in [6.07, 6.45) is 3.01. The first-order chi connectivity index (χ1) is 6.27. The molecule has 0 aliphatic carbocycles. The summed E-state index contributed by atoms with van der Waals surface area (Å²) in [6.45, 7) is 12.0. The Bertz CT molecular complexity index is 174. The van der Waals surface area contributed by atoms with Gasteiger partial charge < -0.3 is 5.11 Å². The zero-order valence-electron chi connectivity index (χ0n) is 8.02. The lowest BCUT2D eigenvalue weighted by Gasteiger charge is -2.35. The zero-order chi connectivity index (χ0) is 9.68. The summed E-state index contributed by atoms with van der Waals surface area (Å²) in [7, 11) is 0. The fourth-order valence-electron chi connectivity index (χ4n) is 1.54. The smallest absolute Gasteiger partial charge is 0.126 e. The van der Waals surface area contributed by atoms with Gasteiger partial charge in [-0.15, -0.1) is 6.58 Å². The van der Waals surface area contributed by atoms with E-state index in [4.69, 9.17) is 0 Å². The minimum Gasteiger partial charge on any atom is -0.375 e. The van der Waals surface area contributed by atoms with E-state index < -0.39 is 6.23 Å². The highest BCUT2D eigenvalue weighted by molar-refractivity contribution is 4.84. The first-order valence-electron chi connectivity index (χ1n) is 4.66. The average Bonchev–Trinajstić information content (AvgIpc) is 2.18. The average molecular weight is 182 g/mol. The molecular formula is C10H18N2O. The monoisotopic (exact) mass is 182 g/mol. The van der Waals surface area contributed by atoms with Gasteiger partial charge in [-0.1, -0.05) is 12.7 Å². The van der Waals surface area contributed by atoms with Crippen molar-refractivity contribution in [2.24, 2.45) is 0 Å². The second-order valence-corrected chi connectivity index (χ2v) is 3.27. The molecule has 0 radical (unpaired) electrons. The Morgan fingerprint density at radius 2 is 1.85 bits per heavy atom. The molecular weight excluding hydrogens is 164 g/mol. The van der Waals surface area contributed by atoms with Gasteiger partial charge in [-0.25, -0.2) is 0 Å². The first kappa shape index (κ1) is 10.4. The minimum absolute atomic E-state index is 0.481. The quantitative estimate of drug-likeness (QED) is 0.633. The maximum Gasteiger partial charge on any atom is 0.126 e. The van der Waals surface area contributed by atoms with Gasteiger partial charge >= 0.3 is 0 Å². The molecule has 0 spiro atoms. The van der Waals surface area contributed by atoms with Crippen molar-refractivity contribution in [1.29, 1.82) is 0 Å². The number of aliphatic hydroxyl groups excluding tert-OH is 1. The fourth-order valence-corrected chi connectivity index (χ4v) is 1.54. The predicted octanol–water partition coefficient (Wildman–Crippen LogP) is 0.294. The van der Waals surface area contributed by atoms with Gasteiger partial charge in [0, 0.05) is 32.7 Å². The molecule has 1 rings (SSSR count).